The molecule has 2 aromatic carbocycles. The number of benzene rings is 2. The van der Waals surface area contributed by atoms with E-state index in [-0.39, 0.29) is 11.8 Å². The van der Waals surface area contributed by atoms with Crippen molar-refractivity contribution in [2.45, 2.75) is 26.7 Å². The molecule has 178 valence electrons. The number of carbonyl (C=O) groups is 3. The number of hydrogen-bond donors (Lipinski definition) is 2. The third-order valence-electron chi connectivity index (χ3n) is 6.78. The molecule has 7 nitrogen and oxygen atoms in total. The Kier molecular flexibility index (Phi) is 7.01. The monoisotopic (exact) mass is 461 g/mol. The number of allylic oxidation sites excluding steroid dienone is 2. The predicted octanol–water partition coefficient (Wildman–Crippen LogP) is 3.95. The quantitative estimate of drug-likeness (QED) is 0.658. The molecule has 0 aromatic heterocycles. The van der Waals surface area contributed by atoms with E-state index in [2.05, 4.69) is 41.4 Å². The van der Waals surface area contributed by atoms with E-state index in [0.29, 0.717) is 37.2 Å². The van der Waals surface area contributed by atoms with E-state index in [1.807, 2.05) is 17.9 Å². The van der Waals surface area contributed by atoms with Crippen molar-refractivity contribution >= 4 is 29.2 Å². The van der Waals surface area contributed by atoms with Crippen LogP contribution in [0.1, 0.15) is 35.7 Å². The summed E-state index contributed by atoms with van der Waals surface area (Å²) in [5.41, 5.74) is 4.19. The molecule has 4 rings (SSSR count). The maximum Gasteiger partial charge on any atom is 0.307 e. The lowest BCUT2D eigenvalue weighted by molar-refractivity contribution is -0.146. The molecule has 2 atom stereocenters. The molecule has 2 amide bonds. The van der Waals surface area contributed by atoms with Crippen LogP contribution >= 0.6 is 0 Å². The van der Waals surface area contributed by atoms with Gasteiger partial charge < -0.3 is 20.2 Å². The van der Waals surface area contributed by atoms with Gasteiger partial charge in [0, 0.05) is 31.9 Å². The lowest BCUT2D eigenvalue weighted by Crippen LogP contribution is -2.49. The van der Waals surface area contributed by atoms with E-state index in [1.54, 1.807) is 24.3 Å². The van der Waals surface area contributed by atoms with Crippen LogP contribution in [0.25, 0.3) is 0 Å². The summed E-state index contributed by atoms with van der Waals surface area (Å²) in [4.78, 5) is 42.2. The zero-order valence-corrected chi connectivity index (χ0v) is 19.7. The van der Waals surface area contributed by atoms with Crippen LogP contribution in [-0.2, 0) is 9.59 Å². The summed E-state index contributed by atoms with van der Waals surface area (Å²) >= 11 is 0. The van der Waals surface area contributed by atoms with Gasteiger partial charge in [-0.25, -0.2) is 0 Å². The Hall–Kier alpha value is -3.61. The fourth-order valence-electron chi connectivity index (χ4n) is 4.71. The summed E-state index contributed by atoms with van der Waals surface area (Å²) in [5, 5.41) is 12.5. The zero-order chi connectivity index (χ0) is 24.2. The number of carboxylic acids is 1. The molecule has 0 saturated carbocycles. The number of aryl methyl sites for hydroxylation is 1. The molecule has 0 bridgehead atoms. The first-order valence-electron chi connectivity index (χ1n) is 11.7. The number of nitrogens with one attached hydrogen (secondary N) is 1. The highest BCUT2D eigenvalue weighted by atomic mass is 16.4. The van der Waals surface area contributed by atoms with Gasteiger partial charge in [0.2, 0.25) is 5.91 Å². The van der Waals surface area contributed by atoms with Crippen LogP contribution in [0.15, 0.2) is 60.2 Å². The highest BCUT2D eigenvalue weighted by Crippen LogP contribution is 2.31. The minimum absolute atomic E-state index is 0.131. The number of piperazine rings is 1. The molecule has 2 aliphatic rings. The Morgan fingerprint density at radius 3 is 2.26 bits per heavy atom. The Morgan fingerprint density at radius 2 is 1.59 bits per heavy atom. The van der Waals surface area contributed by atoms with Gasteiger partial charge in [-0.1, -0.05) is 41.5 Å². The van der Waals surface area contributed by atoms with Gasteiger partial charge in [0.15, 0.2) is 0 Å². The summed E-state index contributed by atoms with van der Waals surface area (Å²) in [6, 6.07) is 15.3. The van der Waals surface area contributed by atoms with E-state index in [1.165, 1.54) is 5.56 Å². The fourth-order valence-corrected chi connectivity index (χ4v) is 4.71. The maximum absolute atomic E-state index is 13.3. The van der Waals surface area contributed by atoms with Crippen molar-refractivity contribution in [3.8, 4) is 0 Å². The smallest absolute Gasteiger partial charge is 0.307 e. The molecule has 1 heterocycles. The molecule has 1 aliphatic heterocycles. The number of nitrogens with zero attached hydrogens (tertiary/aromatic N) is 2. The third-order valence-corrected chi connectivity index (χ3v) is 6.78. The summed E-state index contributed by atoms with van der Waals surface area (Å²) in [6.07, 6.45) is 2.67. The largest absolute Gasteiger partial charge is 0.481 e. The molecule has 2 N–H and O–H groups in total. The highest BCUT2D eigenvalue weighted by molar-refractivity contribution is 6.05. The van der Waals surface area contributed by atoms with Gasteiger partial charge in [0.1, 0.15) is 0 Å². The molecule has 0 spiro atoms. The molecule has 34 heavy (non-hydrogen) atoms. The van der Waals surface area contributed by atoms with Gasteiger partial charge in [0.05, 0.1) is 23.1 Å². The van der Waals surface area contributed by atoms with Crippen molar-refractivity contribution in [3.05, 3.63) is 71.3 Å². The number of rotatable bonds is 5. The van der Waals surface area contributed by atoms with Crippen molar-refractivity contribution in [1.82, 2.24) is 4.90 Å². The van der Waals surface area contributed by atoms with Crippen LogP contribution in [0.2, 0.25) is 0 Å². The number of hydrogen-bond acceptors (Lipinski definition) is 4. The number of anilines is 2. The molecule has 1 fully saturated rings. The van der Waals surface area contributed by atoms with Gasteiger partial charge in [0.25, 0.3) is 5.91 Å². The van der Waals surface area contributed by atoms with E-state index >= 15 is 0 Å². The molecule has 0 radical (unpaired) electrons. The Bertz CT molecular complexity index is 1100. The molecule has 1 aliphatic carbocycles. The highest BCUT2D eigenvalue weighted by Gasteiger charge is 2.36. The van der Waals surface area contributed by atoms with Crippen molar-refractivity contribution < 1.29 is 19.5 Å². The molecular formula is C27H31N3O4. The van der Waals surface area contributed by atoms with Gasteiger partial charge in [-0.2, -0.15) is 0 Å². The average molecular weight is 462 g/mol. The van der Waals surface area contributed by atoms with Crippen LogP contribution in [0.3, 0.4) is 0 Å². The van der Waals surface area contributed by atoms with E-state index in [0.717, 1.165) is 24.4 Å². The SMILES string of the molecule is CC1=CC[C@H](C(=O)Nc2ccccc2C(=O)N2CCN(c3ccc(C)cc3)CC2)[C@H](C(=O)O)C1. The topological polar surface area (TPSA) is 90.0 Å². The Morgan fingerprint density at radius 1 is 0.912 bits per heavy atom. The number of carboxylic acid groups (broad SMARTS) is 1. The number of aliphatic carboxylic acids is 1. The van der Waals surface area contributed by atoms with Gasteiger partial charge in [-0.15, -0.1) is 0 Å². The minimum Gasteiger partial charge on any atom is -0.481 e. The second-order valence-electron chi connectivity index (χ2n) is 9.19. The lowest BCUT2D eigenvalue weighted by Gasteiger charge is -2.36. The van der Waals surface area contributed by atoms with Crippen LogP contribution in [0.4, 0.5) is 11.4 Å². The summed E-state index contributed by atoms with van der Waals surface area (Å²) in [5.74, 6) is -2.89. The summed E-state index contributed by atoms with van der Waals surface area (Å²) < 4.78 is 0. The van der Waals surface area contributed by atoms with Gasteiger partial charge in [-0.05, 0) is 51.0 Å². The van der Waals surface area contributed by atoms with Crippen molar-refractivity contribution in [3.63, 3.8) is 0 Å². The van der Waals surface area contributed by atoms with Crippen molar-refractivity contribution in [2.75, 3.05) is 36.4 Å². The van der Waals surface area contributed by atoms with Crippen molar-refractivity contribution in [1.29, 1.82) is 0 Å². The van der Waals surface area contributed by atoms with E-state index in [9.17, 15) is 19.5 Å². The normalized spacial score (nSPS) is 20.5. The third kappa shape index (κ3) is 5.14. The minimum atomic E-state index is -0.969. The molecule has 0 unspecified atom stereocenters. The van der Waals surface area contributed by atoms with Gasteiger partial charge >= 0.3 is 5.97 Å². The lowest BCUT2D eigenvalue weighted by atomic mass is 9.79. The fraction of sp³-hybridized carbons (Fsp3) is 0.370. The first-order valence-corrected chi connectivity index (χ1v) is 11.7. The number of carbonyl (C=O) groups excluding carboxylic acids is 2. The first kappa shape index (κ1) is 23.5. The molecular weight excluding hydrogens is 430 g/mol. The van der Waals surface area contributed by atoms with Crippen LogP contribution in [0.5, 0.6) is 0 Å². The molecule has 1 saturated heterocycles. The number of para-hydroxylation sites is 1. The average Bonchev–Trinajstić information content (AvgIpc) is 2.84. The maximum atomic E-state index is 13.3. The van der Waals surface area contributed by atoms with Crippen LogP contribution < -0.4 is 10.2 Å². The van der Waals surface area contributed by atoms with Crippen LogP contribution in [0, 0.1) is 18.8 Å². The van der Waals surface area contributed by atoms with E-state index in [4.69, 9.17) is 0 Å². The molecule has 2 aromatic rings. The Balaban J connectivity index is 1.44. The van der Waals surface area contributed by atoms with Gasteiger partial charge in [-0.3, -0.25) is 14.4 Å². The second kappa shape index (κ2) is 10.1. The van der Waals surface area contributed by atoms with E-state index < -0.39 is 17.8 Å². The van der Waals surface area contributed by atoms with Crippen LogP contribution in [-0.4, -0.2) is 54.0 Å². The molecule has 7 heteroatoms. The number of amides is 2. The Labute approximate surface area is 200 Å². The summed E-state index contributed by atoms with van der Waals surface area (Å²) in [7, 11) is 0. The summed E-state index contributed by atoms with van der Waals surface area (Å²) in [6.45, 7) is 6.58. The zero-order valence-electron chi connectivity index (χ0n) is 19.7. The first-order chi connectivity index (χ1) is 16.3. The van der Waals surface area contributed by atoms with Crippen molar-refractivity contribution in [2.24, 2.45) is 11.8 Å². The standard InChI is InChI=1S/C27H31N3O4/c1-18-7-10-20(11-8-18)29-13-15-30(16-14-29)26(32)22-5-3-4-6-24(22)28-25(31)21-12-9-19(2)17-23(21)27(33)34/h3-11,21,23H,12-17H2,1-2H3,(H,28,31)(H,33,34)/t21-,23+/m0/s1. The second-order valence-corrected chi connectivity index (χ2v) is 9.19. The predicted molar refractivity (Wildman–Crippen MR) is 132 cm³/mol.